The van der Waals surface area contributed by atoms with Crippen molar-refractivity contribution >= 4 is 31.9 Å². The highest BCUT2D eigenvalue weighted by Crippen LogP contribution is 2.23. The molecule has 2 aromatic rings. The topological polar surface area (TPSA) is 35.2 Å². The monoisotopic (exact) mass is 369 g/mol. The predicted octanol–water partition coefficient (Wildman–Crippen LogP) is 4.25. The Morgan fingerprint density at radius 1 is 1.00 bits per heavy atom. The molecule has 0 aromatic heterocycles. The molecule has 0 radical (unpaired) electrons. The van der Waals surface area contributed by atoms with Gasteiger partial charge in [0.05, 0.1) is 0 Å². The Morgan fingerprint density at radius 3 is 2.33 bits per heavy atom. The van der Waals surface area contributed by atoms with E-state index in [0.717, 1.165) is 25.8 Å². The Bertz CT molecular complexity index is 526. The van der Waals surface area contributed by atoms with E-state index in [9.17, 15) is 0 Å². The minimum Gasteiger partial charge on any atom is -0.489 e. The minimum atomic E-state index is 0.521. The summed E-state index contributed by atoms with van der Waals surface area (Å²) < 4.78 is 7.78. The minimum absolute atomic E-state index is 0.521. The fourth-order valence-electron chi connectivity index (χ4n) is 1.53. The van der Waals surface area contributed by atoms with Gasteiger partial charge in [-0.3, -0.25) is 0 Å². The molecule has 0 aliphatic rings. The van der Waals surface area contributed by atoms with Crippen LogP contribution in [0.25, 0.3) is 0 Å². The summed E-state index contributed by atoms with van der Waals surface area (Å²) in [5.41, 5.74) is 7.82. The normalized spacial score (nSPS) is 10.4. The first-order valence-electron chi connectivity index (χ1n) is 5.55. The molecule has 0 saturated heterocycles. The van der Waals surface area contributed by atoms with Gasteiger partial charge in [0.1, 0.15) is 12.4 Å². The third kappa shape index (κ3) is 3.57. The Morgan fingerprint density at radius 2 is 1.72 bits per heavy atom. The Hall–Kier alpha value is -0.840. The molecule has 0 aliphatic heterocycles. The summed E-state index contributed by atoms with van der Waals surface area (Å²) in [6.07, 6.45) is 0. The fraction of sp³-hybridized carbons (Fsp3) is 0.143. The summed E-state index contributed by atoms with van der Waals surface area (Å²) in [7, 11) is 0. The Labute approximate surface area is 123 Å². The van der Waals surface area contributed by atoms with Gasteiger partial charge in [0.25, 0.3) is 0 Å². The van der Waals surface area contributed by atoms with Crippen LogP contribution in [0, 0.1) is 0 Å². The van der Waals surface area contributed by atoms with E-state index in [1.807, 2.05) is 42.5 Å². The van der Waals surface area contributed by atoms with Crippen molar-refractivity contribution < 1.29 is 4.74 Å². The second-order valence-corrected chi connectivity index (χ2v) is 5.64. The van der Waals surface area contributed by atoms with Crippen LogP contribution < -0.4 is 10.5 Å². The van der Waals surface area contributed by atoms with Gasteiger partial charge < -0.3 is 10.5 Å². The van der Waals surface area contributed by atoms with Crippen molar-refractivity contribution in [1.82, 2.24) is 0 Å². The fourth-order valence-corrected chi connectivity index (χ4v) is 2.31. The maximum Gasteiger partial charge on any atom is 0.120 e. The van der Waals surface area contributed by atoms with Gasteiger partial charge in [-0.1, -0.05) is 50.1 Å². The predicted molar refractivity (Wildman–Crippen MR) is 80.5 cm³/mol. The van der Waals surface area contributed by atoms with E-state index in [0.29, 0.717) is 13.2 Å². The number of halogens is 2. The van der Waals surface area contributed by atoms with Crippen molar-refractivity contribution in [3.05, 3.63) is 62.5 Å². The molecule has 0 amide bonds. The molecule has 94 valence electrons. The summed E-state index contributed by atoms with van der Waals surface area (Å²) in [5, 5.41) is 0. The standard InChI is InChI=1S/C14H13Br2NO/c15-12-4-1-10(2-5-12)9-18-13-6-3-11(8-17)14(16)7-13/h1-7H,8-9,17H2. The molecule has 2 N–H and O–H groups in total. The second-order valence-electron chi connectivity index (χ2n) is 3.87. The van der Waals surface area contributed by atoms with Gasteiger partial charge in [-0.25, -0.2) is 0 Å². The molecule has 2 rings (SSSR count). The van der Waals surface area contributed by atoms with Crippen molar-refractivity contribution in [3.63, 3.8) is 0 Å². The molecule has 0 spiro atoms. The van der Waals surface area contributed by atoms with Crippen molar-refractivity contribution in [3.8, 4) is 5.75 Å². The van der Waals surface area contributed by atoms with E-state index in [1.165, 1.54) is 0 Å². The number of hydrogen-bond donors (Lipinski definition) is 1. The van der Waals surface area contributed by atoms with Gasteiger partial charge >= 0.3 is 0 Å². The smallest absolute Gasteiger partial charge is 0.120 e. The van der Waals surface area contributed by atoms with Gasteiger partial charge in [-0.2, -0.15) is 0 Å². The van der Waals surface area contributed by atoms with Crippen LogP contribution in [0.1, 0.15) is 11.1 Å². The lowest BCUT2D eigenvalue weighted by Gasteiger charge is -2.08. The van der Waals surface area contributed by atoms with E-state index in [-0.39, 0.29) is 0 Å². The zero-order valence-corrected chi connectivity index (χ0v) is 12.9. The summed E-state index contributed by atoms with van der Waals surface area (Å²) in [6, 6.07) is 13.9. The maximum absolute atomic E-state index is 5.73. The average molecular weight is 371 g/mol. The van der Waals surface area contributed by atoms with Crippen molar-refractivity contribution in [2.45, 2.75) is 13.2 Å². The molecule has 18 heavy (non-hydrogen) atoms. The summed E-state index contributed by atoms with van der Waals surface area (Å²) >= 11 is 6.88. The molecule has 0 saturated carbocycles. The quantitative estimate of drug-likeness (QED) is 0.873. The van der Waals surface area contributed by atoms with E-state index in [1.54, 1.807) is 0 Å². The molecule has 0 atom stereocenters. The highest BCUT2D eigenvalue weighted by atomic mass is 79.9. The Kier molecular flexibility index (Phi) is 4.80. The number of nitrogens with two attached hydrogens (primary N) is 1. The summed E-state index contributed by atoms with van der Waals surface area (Å²) in [4.78, 5) is 0. The number of ether oxygens (including phenoxy) is 1. The molecule has 2 aromatic carbocycles. The number of hydrogen-bond acceptors (Lipinski definition) is 2. The van der Waals surface area contributed by atoms with E-state index in [2.05, 4.69) is 31.9 Å². The molecule has 0 unspecified atom stereocenters. The van der Waals surface area contributed by atoms with Crippen LogP contribution >= 0.6 is 31.9 Å². The van der Waals surface area contributed by atoms with Gasteiger partial charge in [-0.05, 0) is 35.4 Å². The van der Waals surface area contributed by atoms with Crippen LogP contribution in [0.2, 0.25) is 0 Å². The van der Waals surface area contributed by atoms with Crippen molar-refractivity contribution in [2.75, 3.05) is 0 Å². The lowest BCUT2D eigenvalue weighted by atomic mass is 10.2. The first-order valence-corrected chi connectivity index (χ1v) is 7.13. The molecular formula is C14H13Br2NO. The summed E-state index contributed by atoms with van der Waals surface area (Å²) in [5.74, 6) is 0.835. The van der Waals surface area contributed by atoms with E-state index < -0.39 is 0 Å². The molecule has 0 bridgehead atoms. The first-order chi connectivity index (χ1) is 8.69. The highest BCUT2D eigenvalue weighted by molar-refractivity contribution is 9.10. The third-order valence-corrected chi connectivity index (χ3v) is 3.83. The van der Waals surface area contributed by atoms with Crippen LogP contribution in [0.15, 0.2) is 51.4 Å². The SMILES string of the molecule is NCc1ccc(OCc2ccc(Br)cc2)cc1Br. The van der Waals surface area contributed by atoms with E-state index in [4.69, 9.17) is 10.5 Å². The second kappa shape index (κ2) is 6.36. The molecule has 4 heteroatoms. The van der Waals surface area contributed by atoms with Crippen LogP contribution in [0.3, 0.4) is 0 Å². The number of rotatable bonds is 4. The van der Waals surface area contributed by atoms with Crippen molar-refractivity contribution in [1.29, 1.82) is 0 Å². The number of benzene rings is 2. The van der Waals surface area contributed by atoms with Gasteiger partial charge in [0, 0.05) is 15.5 Å². The highest BCUT2D eigenvalue weighted by Gasteiger charge is 2.01. The molecule has 2 nitrogen and oxygen atoms in total. The molecular weight excluding hydrogens is 358 g/mol. The van der Waals surface area contributed by atoms with E-state index >= 15 is 0 Å². The van der Waals surface area contributed by atoms with Gasteiger partial charge in [0.15, 0.2) is 0 Å². The zero-order valence-electron chi connectivity index (χ0n) is 9.70. The first kappa shape index (κ1) is 13.6. The van der Waals surface area contributed by atoms with Crippen LogP contribution in [-0.4, -0.2) is 0 Å². The summed E-state index contributed by atoms with van der Waals surface area (Å²) in [6.45, 7) is 1.08. The van der Waals surface area contributed by atoms with Crippen LogP contribution in [-0.2, 0) is 13.2 Å². The van der Waals surface area contributed by atoms with Crippen LogP contribution in [0.4, 0.5) is 0 Å². The maximum atomic E-state index is 5.73. The van der Waals surface area contributed by atoms with Gasteiger partial charge in [-0.15, -0.1) is 0 Å². The largest absolute Gasteiger partial charge is 0.489 e. The van der Waals surface area contributed by atoms with Crippen LogP contribution in [0.5, 0.6) is 5.75 Å². The zero-order chi connectivity index (χ0) is 13.0. The molecule has 0 heterocycles. The Balaban J connectivity index is 2.02. The van der Waals surface area contributed by atoms with Crippen molar-refractivity contribution in [2.24, 2.45) is 5.73 Å². The third-order valence-electron chi connectivity index (χ3n) is 2.56. The average Bonchev–Trinajstić information content (AvgIpc) is 2.38. The lowest BCUT2D eigenvalue weighted by molar-refractivity contribution is 0.306. The lowest BCUT2D eigenvalue weighted by Crippen LogP contribution is -1.99. The molecule has 0 fully saturated rings. The molecule has 0 aliphatic carbocycles. The van der Waals surface area contributed by atoms with Gasteiger partial charge in [0.2, 0.25) is 0 Å².